The van der Waals surface area contributed by atoms with E-state index in [1.807, 2.05) is 42.1 Å². The Morgan fingerprint density at radius 2 is 2.04 bits per heavy atom. The lowest BCUT2D eigenvalue weighted by Crippen LogP contribution is -2.09. The van der Waals surface area contributed by atoms with Gasteiger partial charge < -0.3 is 14.0 Å². The number of carbonyl (C=O) groups excluding carboxylic acids is 2. The third-order valence-corrected chi connectivity index (χ3v) is 4.98. The van der Waals surface area contributed by atoms with Crippen molar-refractivity contribution in [2.24, 2.45) is 13.0 Å². The molecule has 1 fully saturated rings. The molecule has 0 amide bonds. The second kappa shape index (κ2) is 5.84. The van der Waals surface area contributed by atoms with Crippen LogP contribution in [0.4, 0.5) is 0 Å². The van der Waals surface area contributed by atoms with Crippen LogP contribution in [-0.2, 0) is 11.8 Å². The van der Waals surface area contributed by atoms with E-state index in [4.69, 9.17) is 9.47 Å². The topological polar surface area (TPSA) is 57.5 Å². The molecule has 0 bridgehead atoms. The predicted octanol–water partition coefficient (Wildman–Crippen LogP) is 4.11. The highest BCUT2D eigenvalue weighted by molar-refractivity contribution is 6.15. The van der Waals surface area contributed by atoms with Crippen LogP contribution in [0.3, 0.4) is 0 Å². The summed E-state index contributed by atoms with van der Waals surface area (Å²) >= 11 is 0. The second-order valence-corrected chi connectivity index (χ2v) is 7.01. The zero-order valence-corrected chi connectivity index (χ0v) is 14.8. The molecule has 27 heavy (non-hydrogen) atoms. The number of benzene rings is 2. The number of aryl methyl sites for hydroxylation is 1. The van der Waals surface area contributed by atoms with E-state index in [9.17, 15) is 9.59 Å². The minimum atomic E-state index is -0.217. The second-order valence-electron chi connectivity index (χ2n) is 7.01. The minimum Gasteiger partial charge on any atom is -0.452 e. The van der Waals surface area contributed by atoms with Gasteiger partial charge in [-0.15, -0.1) is 0 Å². The van der Waals surface area contributed by atoms with Crippen LogP contribution in [-0.4, -0.2) is 16.3 Å². The summed E-state index contributed by atoms with van der Waals surface area (Å²) in [6, 6.07) is 12.9. The lowest BCUT2D eigenvalue weighted by atomic mass is 10.1. The first-order valence-corrected chi connectivity index (χ1v) is 8.94. The molecule has 1 saturated carbocycles. The number of hydrogen-bond donors (Lipinski definition) is 0. The van der Waals surface area contributed by atoms with E-state index in [1.54, 1.807) is 24.3 Å². The molecule has 0 spiro atoms. The van der Waals surface area contributed by atoms with Crippen LogP contribution in [0.1, 0.15) is 28.8 Å². The maximum atomic E-state index is 12.7. The van der Waals surface area contributed by atoms with Crippen LogP contribution >= 0.6 is 0 Å². The SMILES string of the molecule is Cn1cc(C=C2Oc3cc(OC(=O)C4CC4)ccc3C2=O)c2ccccc21. The molecular formula is C22H17NO4. The molecule has 0 radical (unpaired) electrons. The number of Topliss-reactive ketones (excluding diaryl/α,β-unsaturated/α-hetero) is 1. The van der Waals surface area contributed by atoms with Gasteiger partial charge >= 0.3 is 5.97 Å². The van der Waals surface area contributed by atoms with Gasteiger partial charge in [0.1, 0.15) is 11.5 Å². The molecule has 1 aliphatic heterocycles. The number of rotatable bonds is 3. The average Bonchev–Trinajstić information content (AvgIpc) is 3.42. The number of allylic oxidation sites excluding steroid dienone is 1. The summed E-state index contributed by atoms with van der Waals surface area (Å²) in [5, 5.41) is 1.05. The summed E-state index contributed by atoms with van der Waals surface area (Å²) in [6.45, 7) is 0. The quantitative estimate of drug-likeness (QED) is 0.401. The molecule has 3 aromatic rings. The normalized spacial score (nSPS) is 17.2. The first-order chi connectivity index (χ1) is 13.1. The fraction of sp³-hybridized carbons (Fsp3) is 0.182. The van der Waals surface area contributed by atoms with Crippen molar-refractivity contribution in [3.05, 3.63) is 65.5 Å². The summed E-state index contributed by atoms with van der Waals surface area (Å²) in [5.74, 6) is 0.732. The number of esters is 1. The highest BCUT2D eigenvalue weighted by Gasteiger charge is 2.33. The number of hydrogen-bond acceptors (Lipinski definition) is 4. The summed E-state index contributed by atoms with van der Waals surface area (Å²) < 4.78 is 13.2. The summed E-state index contributed by atoms with van der Waals surface area (Å²) in [7, 11) is 1.97. The van der Waals surface area contributed by atoms with Crippen molar-refractivity contribution in [3.8, 4) is 11.5 Å². The Morgan fingerprint density at radius 3 is 2.85 bits per heavy atom. The van der Waals surface area contributed by atoms with E-state index in [2.05, 4.69) is 0 Å². The molecule has 2 aliphatic rings. The van der Waals surface area contributed by atoms with E-state index < -0.39 is 0 Å². The van der Waals surface area contributed by atoms with Crippen molar-refractivity contribution in [3.63, 3.8) is 0 Å². The Morgan fingerprint density at radius 1 is 1.22 bits per heavy atom. The Labute approximate surface area is 155 Å². The molecule has 0 unspecified atom stereocenters. The van der Waals surface area contributed by atoms with Crippen LogP contribution in [0.5, 0.6) is 11.5 Å². The molecule has 2 heterocycles. The Balaban J connectivity index is 1.46. The van der Waals surface area contributed by atoms with E-state index in [0.29, 0.717) is 17.1 Å². The van der Waals surface area contributed by atoms with Crippen LogP contribution in [0.25, 0.3) is 17.0 Å². The number of nitrogens with zero attached hydrogens (tertiary/aromatic N) is 1. The van der Waals surface area contributed by atoms with E-state index >= 15 is 0 Å². The maximum absolute atomic E-state index is 12.7. The number of para-hydroxylation sites is 1. The predicted molar refractivity (Wildman–Crippen MR) is 101 cm³/mol. The smallest absolute Gasteiger partial charge is 0.314 e. The Bertz CT molecular complexity index is 1130. The fourth-order valence-electron chi connectivity index (χ4n) is 3.38. The van der Waals surface area contributed by atoms with Gasteiger partial charge in [0.05, 0.1) is 11.5 Å². The molecule has 5 rings (SSSR count). The van der Waals surface area contributed by atoms with Gasteiger partial charge in [0, 0.05) is 35.8 Å². The Kier molecular flexibility index (Phi) is 3.44. The van der Waals surface area contributed by atoms with Crippen LogP contribution in [0.2, 0.25) is 0 Å². The van der Waals surface area contributed by atoms with Gasteiger partial charge in [0.15, 0.2) is 5.76 Å². The highest BCUT2D eigenvalue weighted by atomic mass is 16.5. The van der Waals surface area contributed by atoms with E-state index in [1.165, 1.54) is 0 Å². The Hall–Kier alpha value is -3.34. The van der Waals surface area contributed by atoms with Crippen molar-refractivity contribution in [2.45, 2.75) is 12.8 Å². The van der Waals surface area contributed by atoms with Crippen LogP contribution < -0.4 is 9.47 Å². The van der Waals surface area contributed by atoms with E-state index in [-0.39, 0.29) is 23.4 Å². The number of carbonyl (C=O) groups is 2. The third-order valence-electron chi connectivity index (χ3n) is 4.98. The van der Waals surface area contributed by atoms with Crippen molar-refractivity contribution in [2.75, 3.05) is 0 Å². The van der Waals surface area contributed by atoms with Crippen molar-refractivity contribution in [1.29, 1.82) is 0 Å². The summed E-state index contributed by atoms with van der Waals surface area (Å²) in [4.78, 5) is 24.5. The number of ketones is 1. The molecule has 5 heteroatoms. The molecular weight excluding hydrogens is 342 g/mol. The maximum Gasteiger partial charge on any atom is 0.314 e. The van der Waals surface area contributed by atoms with Gasteiger partial charge in [-0.3, -0.25) is 9.59 Å². The zero-order valence-electron chi connectivity index (χ0n) is 14.8. The average molecular weight is 359 g/mol. The largest absolute Gasteiger partial charge is 0.452 e. The van der Waals surface area contributed by atoms with Crippen molar-refractivity contribution < 1.29 is 19.1 Å². The molecule has 0 N–H and O–H groups in total. The number of ether oxygens (including phenoxy) is 2. The molecule has 5 nitrogen and oxygen atoms in total. The minimum absolute atomic E-state index is 0.0163. The molecule has 0 saturated heterocycles. The van der Waals surface area contributed by atoms with Gasteiger partial charge in [-0.2, -0.15) is 0 Å². The molecule has 1 aromatic heterocycles. The van der Waals surface area contributed by atoms with Gasteiger partial charge in [-0.05, 0) is 37.1 Å². The van der Waals surface area contributed by atoms with Crippen molar-refractivity contribution >= 4 is 28.7 Å². The third kappa shape index (κ3) is 2.72. The zero-order chi connectivity index (χ0) is 18.5. The lowest BCUT2D eigenvalue weighted by molar-refractivity contribution is -0.135. The monoisotopic (exact) mass is 359 g/mol. The van der Waals surface area contributed by atoms with Gasteiger partial charge in [-0.25, -0.2) is 0 Å². The first kappa shape index (κ1) is 15.9. The lowest BCUT2D eigenvalue weighted by Gasteiger charge is -2.04. The number of fused-ring (bicyclic) bond motifs is 2. The summed E-state index contributed by atoms with van der Waals surface area (Å²) in [6.07, 6.45) is 5.51. The fourth-order valence-corrected chi connectivity index (χ4v) is 3.38. The van der Waals surface area contributed by atoms with Gasteiger partial charge in [0.2, 0.25) is 5.78 Å². The summed E-state index contributed by atoms with van der Waals surface area (Å²) in [5.41, 5.74) is 2.49. The van der Waals surface area contributed by atoms with Gasteiger partial charge in [0.25, 0.3) is 0 Å². The molecule has 2 aromatic carbocycles. The molecule has 1 aliphatic carbocycles. The molecule has 0 atom stereocenters. The van der Waals surface area contributed by atoms with Gasteiger partial charge in [-0.1, -0.05) is 18.2 Å². The van der Waals surface area contributed by atoms with E-state index in [0.717, 1.165) is 29.3 Å². The standard InChI is InChI=1S/C22H17NO4/c1-23-12-14(16-4-2-3-5-18(16)23)10-20-21(24)17-9-8-15(11-19(17)27-20)26-22(25)13-6-7-13/h2-5,8-13H,6-7H2,1H3. The van der Waals surface area contributed by atoms with Crippen LogP contribution in [0.15, 0.2) is 54.4 Å². The number of aromatic nitrogens is 1. The highest BCUT2D eigenvalue weighted by Crippen LogP contribution is 2.37. The first-order valence-electron chi connectivity index (χ1n) is 8.94. The van der Waals surface area contributed by atoms with Crippen LogP contribution in [0, 0.1) is 5.92 Å². The van der Waals surface area contributed by atoms with Crippen molar-refractivity contribution in [1.82, 2.24) is 4.57 Å². The molecule has 134 valence electrons.